The monoisotopic (exact) mass is 262 g/mol. The minimum atomic E-state index is 0. The van der Waals surface area contributed by atoms with E-state index in [0.29, 0.717) is 5.75 Å². The highest BCUT2D eigenvalue weighted by Crippen LogP contribution is 2.17. The van der Waals surface area contributed by atoms with Crippen LogP contribution in [0.4, 0.5) is 0 Å². The summed E-state index contributed by atoms with van der Waals surface area (Å²) < 4.78 is 0. The molecule has 20 heavy (non-hydrogen) atoms. The number of rotatable bonds is 1. The fraction of sp³-hybridized carbons (Fsp3) is 0. The molecule has 0 radical (unpaired) electrons. The van der Waals surface area contributed by atoms with Crippen molar-refractivity contribution >= 4 is 8.41 Å². The molecule has 0 aliphatic heterocycles. The molecule has 1 N–H and O–H groups in total. The van der Waals surface area contributed by atoms with Crippen molar-refractivity contribution < 1.29 is 5.11 Å². The fourth-order valence-electron chi connectivity index (χ4n) is 1.69. The second kappa shape index (κ2) is 8.60. The summed E-state index contributed by atoms with van der Waals surface area (Å²) in [6.45, 7) is 0. The molecule has 2 heteroatoms. The van der Waals surface area contributed by atoms with Crippen LogP contribution in [0.3, 0.4) is 0 Å². The van der Waals surface area contributed by atoms with E-state index < -0.39 is 0 Å². The zero-order chi connectivity index (χ0) is 13.3. The van der Waals surface area contributed by atoms with E-state index in [1.165, 1.54) is 11.1 Å². The molecule has 3 aromatic carbocycles. The zero-order valence-electron chi connectivity index (χ0n) is 10.6. The van der Waals surface area contributed by atoms with Gasteiger partial charge in [-0.05, 0) is 23.3 Å². The first kappa shape index (κ1) is 15.6. The molecule has 0 saturated carbocycles. The Kier molecular flexibility index (Phi) is 6.70. The van der Waals surface area contributed by atoms with E-state index in [0.717, 1.165) is 0 Å². The first-order valence-electron chi connectivity index (χ1n) is 6.21. The smallest absolute Gasteiger partial charge is 0.115 e. The molecule has 1 nitrogen and oxygen atoms in total. The number of aromatic hydroxyl groups is 1. The SMILES string of the molecule is B.Oc1ccccc1.c1ccc(-c2ccccc2)cc1. The van der Waals surface area contributed by atoms with E-state index in [4.69, 9.17) is 5.11 Å². The summed E-state index contributed by atoms with van der Waals surface area (Å²) in [6.07, 6.45) is 0. The van der Waals surface area contributed by atoms with Gasteiger partial charge in [0.25, 0.3) is 0 Å². The third-order valence-electron chi connectivity index (χ3n) is 2.64. The van der Waals surface area contributed by atoms with Crippen molar-refractivity contribution in [3.05, 3.63) is 91.0 Å². The van der Waals surface area contributed by atoms with E-state index in [2.05, 4.69) is 48.5 Å². The number of para-hydroxylation sites is 1. The van der Waals surface area contributed by atoms with Crippen molar-refractivity contribution in [2.24, 2.45) is 0 Å². The van der Waals surface area contributed by atoms with Crippen LogP contribution in [-0.2, 0) is 0 Å². The predicted molar refractivity (Wildman–Crippen MR) is 89.9 cm³/mol. The second-order valence-corrected chi connectivity index (χ2v) is 4.07. The molecule has 0 fully saturated rings. The normalized spacial score (nSPS) is 8.80. The van der Waals surface area contributed by atoms with Crippen LogP contribution in [-0.4, -0.2) is 13.5 Å². The Labute approximate surface area is 122 Å². The molecule has 0 saturated heterocycles. The standard InChI is InChI=1S/C12H10.C6H6O.BH3/c1-3-7-11(8-4-1)12-9-5-2-6-10-12;7-6-4-2-1-3-5-6;/h1-10H;1-5,7H;1H3. The number of benzene rings is 3. The molecule has 0 amide bonds. The summed E-state index contributed by atoms with van der Waals surface area (Å²) >= 11 is 0. The molecule has 100 valence electrons. The lowest BCUT2D eigenvalue weighted by molar-refractivity contribution is 0.475. The Balaban J connectivity index is 0.000000216. The van der Waals surface area contributed by atoms with Gasteiger partial charge < -0.3 is 5.11 Å². The average molecular weight is 262 g/mol. The van der Waals surface area contributed by atoms with Crippen LogP contribution in [0.5, 0.6) is 5.75 Å². The molecular weight excluding hydrogens is 243 g/mol. The predicted octanol–water partition coefficient (Wildman–Crippen LogP) is 3.56. The van der Waals surface area contributed by atoms with Gasteiger partial charge in [0.1, 0.15) is 5.75 Å². The largest absolute Gasteiger partial charge is 0.508 e. The topological polar surface area (TPSA) is 20.2 Å². The number of hydrogen-bond acceptors (Lipinski definition) is 1. The molecular formula is C18H19BO. The van der Waals surface area contributed by atoms with E-state index in [1.54, 1.807) is 24.3 Å². The van der Waals surface area contributed by atoms with Gasteiger partial charge >= 0.3 is 0 Å². The van der Waals surface area contributed by atoms with Crippen LogP contribution in [0.25, 0.3) is 11.1 Å². The van der Waals surface area contributed by atoms with Crippen molar-refractivity contribution in [3.8, 4) is 16.9 Å². The first-order chi connectivity index (χ1) is 9.36. The summed E-state index contributed by atoms with van der Waals surface area (Å²) in [5.41, 5.74) is 2.55. The highest BCUT2D eigenvalue weighted by atomic mass is 16.3. The summed E-state index contributed by atoms with van der Waals surface area (Å²) in [7, 11) is 0. The molecule has 0 aliphatic rings. The van der Waals surface area contributed by atoms with Gasteiger partial charge in [0.2, 0.25) is 0 Å². The number of phenolic OH excluding ortho intramolecular Hbond substituents is 1. The third kappa shape index (κ3) is 5.03. The van der Waals surface area contributed by atoms with Crippen LogP contribution >= 0.6 is 0 Å². The molecule has 0 aliphatic carbocycles. The first-order valence-corrected chi connectivity index (χ1v) is 6.21. The molecule has 0 spiro atoms. The van der Waals surface area contributed by atoms with Gasteiger partial charge in [-0.15, -0.1) is 0 Å². The van der Waals surface area contributed by atoms with Gasteiger partial charge in [-0.2, -0.15) is 0 Å². The van der Waals surface area contributed by atoms with Gasteiger partial charge in [-0.1, -0.05) is 78.9 Å². The van der Waals surface area contributed by atoms with Crippen LogP contribution in [0.15, 0.2) is 91.0 Å². The van der Waals surface area contributed by atoms with Gasteiger partial charge in [0.15, 0.2) is 0 Å². The highest BCUT2D eigenvalue weighted by Gasteiger charge is 1.91. The highest BCUT2D eigenvalue weighted by molar-refractivity contribution is 5.75. The third-order valence-corrected chi connectivity index (χ3v) is 2.64. The van der Waals surface area contributed by atoms with Crippen LogP contribution in [0, 0.1) is 0 Å². The van der Waals surface area contributed by atoms with E-state index >= 15 is 0 Å². The van der Waals surface area contributed by atoms with Gasteiger partial charge in [-0.3, -0.25) is 0 Å². The van der Waals surface area contributed by atoms with Crippen molar-refractivity contribution in [1.29, 1.82) is 0 Å². The number of phenols is 1. The Morgan fingerprint density at radius 1 is 0.450 bits per heavy atom. The molecule has 0 aromatic heterocycles. The Morgan fingerprint density at radius 2 is 0.750 bits per heavy atom. The molecule has 0 bridgehead atoms. The summed E-state index contributed by atoms with van der Waals surface area (Å²) in [6, 6.07) is 29.5. The number of hydrogen-bond donors (Lipinski definition) is 1. The molecule has 0 atom stereocenters. The minimum Gasteiger partial charge on any atom is -0.508 e. The van der Waals surface area contributed by atoms with Gasteiger partial charge in [0.05, 0.1) is 8.41 Å². The van der Waals surface area contributed by atoms with E-state index in [9.17, 15) is 0 Å². The lowest BCUT2D eigenvalue weighted by atomic mass is 10.1. The molecule has 3 aromatic rings. The van der Waals surface area contributed by atoms with Crippen LogP contribution in [0.1, 0.15) is 0 Å². The van der Waals surface area contributed by atoms with Crippen molar-refractivity contribution in [2.75, 3.05) is 0 Å². The van der Waals surface area contributed by atoms with Crippen LogP contribution < -0.4 is 0 Å². The maximum atomic E-state index is 8.63. The molecule has 0 unspecified atom stereocenters. The zero-order valence-corrected chi connectivity index (χ0v) is 10.6. The van der Waals surface area contributed by atoms with Gasteiger partial charge in [-0.25, -0.2) is 0 Å². The van der Waals surface area contributed by atoms with E-state index in [1.807, 2.05) is 18.2 Å². The van der Waals surface area contributed by atoms with Crippen LogP contribution in [0.2, 0.25) is 0 Å². The summed E-state index contributed by atoms with van der Waals surface area (Å²) in [5, 5.41) is 8.63. The minimum absolute atomic E-state index is 0. The lowest BCUT2D eigenvalue weighted by Crippen LogP contribution is -1.73. The Hall–Kier alpha value is -2.48. The Bertz CT molecular complexity index is 542. The maximum absolute atomic E-state index is 8.63. The average Bonchev–Trinajstić information content (AvgIpc) is 2.51. The second-order valence-electron chi connectivity index (χ2n) is 4.07. The lowest BCUT2D eigenvalue weighted by Gasteiger charge is -1.98. The summed E-state index contributed by atoms with van der Waals surface area (Å²) in [4.78, 5) is 0. The van der Waals surface area contributed by atoms with Crippen molar-refractivity contribution in [2.45, 2.75) is 0 Å². The quantitative estimate of drug-likeness (QED) is 0.665. The van der Waals surface area contributed by atoms with Crippen molar-refractivity contribution in [3.63, 3.8) is 0 Å². The molecule has 0 heterocycles. The fourth-order valence-corrected chi connectivity index (χ4v) is 1.69. The van der Waals surface area contributed by atoms with Crippen molar-refractivity contribution in [1.82, 2.24) is 0 Å². The molecule has 3 rings (SSSR count). The Morgan fingerprint density at radius 3 is 1.00 bits per heavy atom. The maximum Gasteiger partial charge on any atom is 0.115 e. The van der Waals surface area contributed by atoms with Gasteiger partial charge in [0, 0.05) is 0 Å². The van der Waals surface area contributed by atoms with E-state index in [-0.39, 0.29) is 8.41 Å². The summed E-state index contributed by atoms with van der Waals surface area (Å²) in [5.74, 6) is 0.322.